The van der Waals surface area contributed by atoms with Crippen molar-refractivity contribution < 1.29 is 19.0 Å². The fraction of sp³-hybridized carbons (Fsp3) is 0.278. The van der Waals surface area contributed by atoms with Crippen molar-refractivity contribution in [3.63, 3.8) is 0 Å². The van der Waals surface area contributed by atoms with Gasteiger partial charge in [0.1, 0.15) is 6.10 Å². The van der Waals surface area contributed by atoms with E-state index in [-0.39, 0.29) is 0 Å². The van der Waals surface area contributed by atoms with Crippen LogP contribution in [-0.4, -0.2) is 19.2 Å². The second-order valence-electron chi connectivity index (χ2n) is 5.24. The van der Waals surface area contributed by atoms with Gasteiger partial charge in [-0.25, -0.2) is 4.79 Å². The Kier molecular flexibility index (Phi) is 4.22. The average Bonchev–Trinajstić information content (AvgIpc) is 3.00. The molecule has 1 unspecified atom stereocenters. The van der Waals surface area contributed by atoms with Gasteiger partial charge in [-0.3, -0.25) is 0 Å². The number of carbonyl (C=O) groups is 1. The number of hydrogen-bond donors (Lipinski definition) is 0. The third kappa shape index (κ3) is 2.75. The van der Waals surface area contributed by atoms with Crippen molar-refractivity contribution in [2.45, 2.75) is 25.4 Å². The van der Waals surface area contributed by atoms with Crippen LogP contribution in [0.3, 0.4) is 0 Å². The summed E-state index contributed by atoms with van der Waals surface area (Å²) in [5, 5.41) is 0. The Hall–Kier alpha value is -2.17. The van der Waals surface area contributed by atoms with E-state index in [1.807, 2.05) is 61.5 Å². The first-order valence-electron chi connectivity index (χ1n) is 7.20. The minimum absolute atomic E-state index is 0.424. The van der Waals surface area contributed by atoms with Crippen LogP contribution in [0, 0.1) is 6.92 Å². The first-order chi connectivity index (χ1) is 10.7. The van der Waals surface area contributed by atoms with Crippen molar-refractivity contribution in [3.05, 3.63) is 71.3 Å². The lowest BCUT2D eigenvalue weighted by Crippen LogP contribution is -2.27. The summed E-state index contributed by atoms with van der Waals surface area (Å²) in [5.41, 5.74) is 2.88. The molecule has 2 aromatic rings. The molecular formula is C18H18O4. The van der Waals surface area contributed by atoms with Gasteiger partial charge < -0.3 is 14.2 Å². The van der Waals surface area contributed by atoms with E-state index in [1.165, 1.54) is 7.11 Å². The smallest absolute Gasteiger partial charge is 0.338 e. The fourth-order valence-electron chi connectivity index (χ4n) is 2.65. The molecule has 0 spiro atoms. The summed E-state index contributed by atoms with van der Waals surface area (Å²) in [6.07, 6.45) is -1.81. The van der Waals surface area contributed by atoms with Crippen LogP contribution < -0.4 is 0 Å². The molecule has 0 aliphatic carbocycles. The topological polar surface area (TPSA) is 44.8 Å². The minimum atomic E-state index is -0.767. The molecule has 0 saturated carbocycles. The first-order valence-corrected chi connectivity index (χ1v) is 7.20. The summed E-state index contributed by atoms with van der Waals surface area (Å²) in [6.45, 7) is 1.99. The lowest BCUT2D eigenvalue weighted by molar-refractivity contribution is -0.154. The van der Waals surface area contributed by atoms with Crippen LogP contribution in [0.15, 0.2) is 54.6 Å². The van der Waals surface area contributed by atoms with E-state index in [9.17, 15) is 4.79 Å². The van der Waals surface area contributed by atoms with Crippen LogP contribution in [0.25, 0.3) is 0 Å². The summed E-state index contributed by atoms with van der Waals surface area (Å²) < 4.78 is 16.7. The van der Waals surface area contributed by atoms with Crippen LogP contribution in [0.4, 0.5) is 0 Å². The van der Waals surface area contributed by atoms with Gasteiger partial charge in [-0.15, -0.1) is 0 Å². The van der Waals surface area contributed by atoms with E-state index < -0.39 is 24.5 Å². The third-order valence-corrected chi connectivity index (χ3v) is 3.82. The zero-order chi connectivity index (χ0) is 15.5. The highest BCUT2D eigenvalue weighted by Crippen LogP contribution is 2.41. The molecule has 2 aromatic carbocycles. The Morgan fingerprint density at radius 1 is 1.00 bits per heavy atom. The Morgan fingerprint density at radius 3 is 2.36 bits per heavy atom. The van der Waals surface area contributed by atoms with Gasteiger partial charge in [-0.2, -0.15) is 0 Å². The fourth-order valence-corrected chi connectivity index (χ4v) is 2.65. The number of carbonyl (C=O) groups excluding carboxylic acids is 1. The highest BCUT2D eigenvalue weighted by molar-refractivity contribution is 5.76. The molecule has 114 valence electrons. The van der Waals surface area contributed by atoms with Crippen LogP contribution in [0.2, 0.25) is 0 Å². The van der Waals surface area contributed by atoms with Crippen molar-refractivity contribution in [1.82, 2.24) is 0 Å². The molecule has 0 amide bonds. The standard InChI is InChI=1S/C18H18O4/c1-12-8-6-7-11-14(12)15-16(17(19)20-2)22-18(21-15)13-9-4-3-5-10-13/h3-11,15-16,18H,1-2H3/t15-,16+,18?/m0/s1. The predicted molar refractivity (Wildman–Crippen MR) is 81.1 cm³/mol. The van der Waals surface area contributed by atoms with Gasteiger partial charge in [0.2, 0.25) is 0 Å². The van der Waals surface area contributed by atoms with E-state index in [0.717, 1.165) is 16.7 Å². The molecule has 3 rings (SSSR count). The number of benzene rings is 2. The summed E-state index contributed by atoms with van der Waals surface area (Å²) >= 11 is 0. The van der Waals surface area contributed by atoms with Gasteiger partial charge in [0.15, 0.2) is 12.4 Å². The van der Waals surface area contributed by atoms with Crippen LogP contribution >= 0.6 is 0 Å². The van der Waals surface area contributed by atoms with Crippen molar-refractivity contribution in [2.75, 3.05) is 7.11 Å². The molecule has 0 bridgehead atoms. The number of hydrogen-bond acceptors (Lipinski definition) is 4. The SMILES string of the molecule is COC(=O)[C@@H]1OC(c2ccccc2)O[C@H]1c1ccccc1C. The van der Waals surface area contributed by atoms with Crippen molar-refractivity contribution in [2.24, 2.45) is 0 Å². The normalized spacial score (nSPS) is 24.2. The predicted octanol–water partition coefficient (Wildman–Crippen LogP) is 3.32. The van der Waals surface area contributed by atoms with Gasteiger partial charge in [-0.05, 0) is 18.1 Å². The molecule has 22 heavy (non-hydrogen) atoms. The lowest BCUT2D eigenvalue weighted by atomic mass is 10.00. The Morgan fingerprint density at radius 2 is 1.68 bits per heavy atom. The minimum Gasteiger partial charge on any atom is -0.467 e. The number of ether oxygens (including phenoxy) is 3. The van der Waals surface area contributed by atoms with E-state index in [0.29, 0.717) is 0 Å². The van der Waals surface area contributed by atoms with Crippen molar-refractivity contribution >= 4 is 5.97 Å². The van der Waals surface area contributed by atoms with Gasteiger partial charge in [-0.1, -0.05) is 54.6 Å². The lowest BCUT2D eigenvalue weighted by Gasteiger charge is -2.16. The molecule has 3 atom stereocenters. The van der Waals surface area contributed by atoms with Gasteiger partial charge in [0.05, 0.1) is 7.11 Å². The van der Waals surface area contributed by atoms with E-state index in [4.69, 9.17) is 14.2 Å². The second-order valence-corrected chi connectivity index (χ2v) is 5.24. The zero-order valence-electron chi connectivity index (χ0n) is 12.6. The summed E-state index contributed by atoms with van der Waals surface area (Å²) in [7, 11) is 1.36. The molecule has 0 radical (unpaired) electrons. The molecular weight excluding hydrogens is 280 g/mol. The monoisotopic (exact) mass is 298 g/mol. The number of methoxy groups -OCH3 is 1. The van der Waals surface area contributed by atoms with Crippen LogP contribution in [-0.2, 0) is 19.0 Å². The Labute approximate surface area is 129 Å². The van der Waals surface area contributed by atoms with E-state index >= 15 is 0 Å². The van der Waals surface area contributed by atoms with E-state index in [1.54, 1.807) is 0 Å². The highest BCUT2D eigenvalue weighted by Gasteiger charge is 2.43. The zero-order valence-corrected chi connectivity index (χ0v) is 12.6. The Bertz CT molecular complexity index is 653. The molecule has 1 fully saturated rings. The van der Waals surface area contributed by atoms with Crippen LogP contribution in [0.1, 0.15) is 29.1 Å². The van der Waals surface area contributed by atoms with Crippen LogP contribution in [0.5, 0.6) is 0 Å². The van der Waals surface area contributed by atoms with E-state index in [2.05, 4.69) is 0 Å². The molecule has 1 aliphatic heterocycles. The second kappa shape index (κ2) is 6.30. The summed E-state index contributed by atoms with van der Waals surface area (Å²) in [6, 6.07) is 17.4. The third-order valence-electron chi connectivity index (χ3n) is 3.82. The quantitative estimate of drug-likeness (QED) is 0.815. The molecule has 0 aromatic heterocycles. The maximum atomic E-state index is 12.1. The van der Waals surface area contributed by atoms with Gasteiger partial charge >= 0.3 is 5.97 Å². The summed E-state index contributed by atoms with van der Waals surface area (Å²) in [4.78, 5) is 12.1. The highest BCUT2D eigenvalue weighted by atomic mass is 16.7. The van der Waals surface area contributed by atoms with Crippen molar-refractivity contribution in [3.8, 4) is 0 Å². The molecule has 1 heterocycles. The maximum absolute atomic E-state index is 12.1. The van der Waals surface area contributed by atoms with Gasteiger partial charge in [0.25, 0.3) is 0 Å². The maximum Gasteiger partial charge on any atom is 0.338 e. The van der Waals surface area contributed by atoms with Gasteiger partial charge in [0, 0.05) is 5.56 Å². The number of aryl methyl sites for hydroxylation is 1. The first kappa shape index (κ1) is 14.8. The van der Waals surface area contributed by atoms with Crippen molar-refractivity contribution in [1.29, 1.82) is 0 Å². The molecule has 0 N–H and O–H groups in total. The number of rotatable bonds is 3. The molecule has 1 aliphatic rings. The average molecular weight is 298 g/mol. The molecule has 4 nitrogen and oxygen atoms in total. The number of esters is 1. The largest absolute Gasteiger partial charge is 0.467 e. The Balaban J connectivity index is 1.93. The molecule has 1 saturated heterocycles. The summed E-state index contributed by atoms with van der Waals surface area (Å²) in [5.74, 6) is -0.424. The molecule has 4 heteroatoms.